The minimum Gasteiger partial charge on any atom is -0.479 e. The summed E-state index contributed by atoms with van der Waals surface area (Å²) in [5, 5.41) is 2.84. The standard InChI is InChI=1S/C24H23NO4/c1-17-8-12-21(13-9-17)25-23(26)20-10-14-22(15-11-20)29-18(2)24(27)28-16-19-6-4-3-5-7-19/h3-15,18H,16H2,1-2H3,(H,25,26)/t18-/m0/s1. The van der Waals surface area contributed by atoms with Crippen molar-refractivity contribution < 1.29 is 19.1 Å². The highest BCUT2D eigenvalue weighted by atomic mass is 16.6. The van der Waals surface area contributed by atoms with Gasteiger partial charge in [-0.05, 0) is 55.8 Å². The maximum Gasteiger partial charge on any atom is 0.347 e. The van der Waals surface area contributed by atoms with Gasteiger partial charge in [-0.1, -0.05) is 48.0 Å². The van der Waals surface area contributed by atoms with Gasteiger partial charge in [0.2, 0.25) is 0 Å². The molecule has 3 aromatic rings. The van der Waals surface area contributed by atoms with Crippen molar-refractivity contribution in [1.82, 2.24) is 0 Å². The van der Waals surface area contributed by atoms with E-state index in [9.17, 15) is 9.59 Å². The molecule has 0 radical (unpaired) electrons. The number of carbonyl (C=O) groups is 2. The van der Waals surface area contributed by atoms with Gasteiger partial charge in [0.05, 0.1) is 0 Å². The molecule has 148 valence electrons. The number of aryl methyl sites for hydroxylation is 1. The number of nitrogens with one attached hydrogen (secondary N) is 1. The first-order valence-corrected chi connectivity index (χ1v) is 9.36. The lowest BCUT2D eigenvalue weighted by Gasteiger charge is -2.14. The van der Waals surface area contributed by atoms with Crippen LogP contribution in [0.25, 0.3) is 0 Å². The summed E-state index contributed by atoms with van der Waals surface area (Å²) in [7, 11) is 0. The van der Waals surface area contributed by atoms with E-state index < -0.39 is 12.1 Å². The second-order valence-corrected chi connectivity index (χ2v) is 6.70. The van der Waals surface area contributed by atoms with E-state index in [0.717, 1.165) is 16.8 Å². The zero-order chi connectivity index (χ0) is 20.6. The third-order valence-electron chi connectivity index (χ3n) is 4.29. The van der Waals surface area contributed by atoms with Crippen LogP contribution in [0.2, 0.25) is 0 Å². The van der Waals surface area contributed by atoms with Crippen LogP contribution >= 0.6 is 0 Å². The molecule has 0 spiro atoms. The molecular weight excluding hydrogens is 366 g/mol. The van der Waals surface area contributed by atoms with Crippen LogP contribution in [-0.4, -0.2) is 18.0 Å². The first kappa shape index (κ1) is 20.1. The molecule has 1 amide bonds. The molecule has 5 heteroatoms. The summed E-state index contributed by atoms with van der Waals surface area (Å²) in [6.07, 6.45) is -0.758. The monoisotopic (exact) mass is 389 g/mol. The van der Waals surface area contributed by atoms with E-state index in [4.69, 9.17) is 9.47 Å². The Balaban J connectivity index is 1.51. The Kier molecular flexibility index (Phi) is 6.63. The van der Waals surface area contributed by atoms with Gasteiger partial charge in [0.15, 0.2) is 6.10 Å². The average Bonchev–Trinajstić information content (AvgIpc) is 2.74. The number of benzene rings is 3. The van der Waals surface area contributed by atoms with E-state index in [1.807, 2.05) is 61.5 Å². The van der Waals surface area contributed by atoms with Crippen molar-refractivity contribution in [1.29, 1.82) is 0 Å². The Morgan fingerprint density at radius 2 is 1.55 bits per heavy atom. The quantitative estimate of drug-likeness (QED) is 0.592. The highest BCUT2D eigenvalue weighted by Crippen LogP contribution is 2.16. The van der Waals surface area contributed by atoms with Gasteiger partial charge in [-0.3, -0.25) is 4.79 Å². The molecule has 1 N–H and O–H groups in total. The van der Waals surface area contributed by atoms with Crippen LogP contribution < -0.4 is 10.1 Å². The summed E-state index contributed by atoms with van der Waals surface area (Å²) in [5.41, 5.74) is 3.27. The largest absolute Gasteiger partial charge is 0.479 e. The first-order valence-electron chi connectivity index (χ1n) is 9.36. The Hall–Kier alpha value is -3.60. The molecule has 0 aromatic heterocycles. The van der Waals surface area contributed by atoms with E-state index in [1.165, 1.54) is 0 Å². The van der Waals surface area contributed by atoms with E-state index >= 15 is 0 Å². The summed E-state index contributed by atoms with van der Waals surface area (Å²) < 4.78 is 10.9. The fourth-order valence-corrected chi connectivity index (χ4v) is 2.62. The second kappa shape index (κ2) is 9.55. The van der Waals surface area contributed by atoms with Crippen molar-refractivity contribution in [3.8, 4) is 5.75 Å². The molecule has 3 rings (SSSR count). The minimum absolute atomic E-state index is 0.200. The van der Waals surface area contributed by atoms with E-state index in [0.29, 0.717) is 11.3 Å². The zero-order valence-corrected chi connectivity index (χ0v) is 16.4. The first-order chi connectivity index (χ1) is 14.0. The van der Waals surface area contributed by atoms with Crippen LogP contribution in [0, 0.1) is 6.92 Å². The summed E-state index contributed by atoms with van der Waals surface area (Å²) in [6, 6.07) is 23.7. The average molecular weight is 389 g/mol. The molecule has 0 heterocycles. The number of ether oxygens (including phenoxy) is 2. The highest BCUT2D eigenvalue weighted by Gasteiger charge is 2.17. The predicted octanol–water partition coefficient (Wildman–Crippen LogP) is 4.76. The molecule has 3 aromatic carbocycles. The molecule has 0 aliphatic heterocycles. The van der Waals surface area contributed by atoms with Gasteiger partial charge in [0.25, 0.3) is 5.91 Å². The van der Waals surface area contributed by atoms with Gasteiger partial charge >= 0.3 is 5.97 Å². The molecule has 0 fully saturated rings. The number of esters is 1. The lowest BCUT2D eigenvalue weighted by atomic mass is 10.2. The zero-order valence-electron chi connectivity index (χ0n) is 16.4. The molecule has 29 heavy (non-hydrogen) atoms. The van der Waals surface area contributed by atoms with E-state index in [1.54, 1.807) is 31.2 Å². The van der Waals surface area contributed by atoms with Crippen molar-refractivity contribution in [3.05, 3.63) is 95.6 Å². The number of hydrogen-bond donors (Lipinski definition) is 1. The maximum absolute atomic E-state index is 12.3. The summed E-state index contributed by atoms with van der Waals surface area (Å²) in [5.74, 6) is -0.174. The predicted molar refractivity (Wildman–Crippen MR) is 112 cm³/mol. The van der Waals surface area contributed by atoms with Crippen molar-refractivity contribution in [3.63, 3.8) is 0 Å². The number of hydrogen-bond acceptors (Lipinski definition) is 4. The van der Waals surface area contributed by atoms with E-state index in [2.05, 4.69) is 5.32 Å². The van der Waals surface area contributed by atoms with Crippen molar-refractivity contribution in [2.45, 2.75) is 26.6 Å². The Labute approximate surface area is 170 Å². The minimum atomic E-state index is -0.758. The number of rotatable bonds is 7. The molecule has 0 bridgehead atoms. The Bertz CT molecular complexity index is 950. The van der Waals surface area contributed by atoms with Gasteiger partial charge in [-0.15, -0.1) is 0 Å². The molecule has 5 nitrogen and oxygen atoms in total. The molecule has 0 aliphatic carbocycles. The van der Waals surface area contributed by atoms with Gasteiger partial charge in [-0.2, -0.15) is 0 Å². The lowest BCUT2D eigenvalue weighted by molar-refractivity contribution is -0.152. The van der Waals surface area contributed by atoms with Crippen molar-refractivity contribution in [2.24, 2.45) is 0 Å². The molecule has 0 saturated heterocycles. The number of amides is 1. The third-order valence-corrected chi connectivity index (χ3v) is 4.29. The van der Waals surface area contributed by atoms with Crippen molar-refractivity contribution >= 4 is 17.6 Å². The Morgan fingerprint density at radius 1 is 0.897 bits per heavy atom. The topological polar surface area (TPSA) is 64.6 Å². The molecule has 0 saturated carbocycles. The second-order valence-electron chi connectivity index (χ2n) is 6.70. The van der Waals surface area contributed by atoms with Gasteiger partial charge in [-0.25, -0.2) is 4.79 Å². The SMILES string of the molecule is Cc1ccc(NC(=O)c2ccc(O[C@@H](C)C(=O)OCc3ccccc3)cc2)cc1. The van der Waals surface area contributed by atoms with Gasteiger partial charge < -0.3 is 14.8 Å². The normalized spacial score (nSPS) is 11.4. The maximum atomic E-state index is 12.3. The lowest BCUT2D eigenvalue weighted by Crippen LogP contribution is -2.26. The van der Waals surface area contributed by atoms with Crippen LogP contribution in [0.15, 0.2) is 78.9 Å². The fraction of sp³-hybridized carbons (Fsp3) is 0.167. The summed E-state index contributed by atoms with van der Waals surface area (Å²) in [4.78, 5) is 24.4. The Morgan fingerprint density at radius 3 is 2.21 bits per heavy atom. The highest BCUT2D eigenvalue weighted by molar-refractivity contribution is 6.04. The van der Waals surface area contributed by atoms with Crippen LogP contribution in [0.1, 0.15) is 28.4 Å². The molecule has 0 aliphatic rings. The van der Waals surface area contributed by atoms with Gasteiger partial charge in [0, 0.05) is 11.3 Å². The van der Waals surface area contributed by atoms with Crippen LogP contribution in [0.5, 0.6) is 5.75 Å². The fourth-order valence-electron chi connectivity index (χ4n) is 2.62. The summed E-state index contributed by atoms with van der Waals surface area (Å²) >= 11 is 0. The third kappa shape index (κ3) is 5.94. The van der Waals surface area contributed by atoms with Crippen molar-refractivity contribution in [2.75, 3.05) is 5.32 Å². The van der Waals surface area contributed by atoms with E-state index in [-0.39, 0.29) is 12.5 Å². The van der Waals surface area contributed by atoms with Crippen LogP contribution in [0.3, 0.4) is 0 Å². The molecule has 0 unspecified atom stereocenters. The molecule has 1 atom stereocenters. The number of anilines is 1. The van der Waals surface area contributed by atoms with Crippen LogP contribution in [-0.2, 0) is 16.1 Å². The molecular formula is C24H23NO4. The summed E-state index contributed by atoms with van der Waals surface area (Å²) in [6.45, 7) is 3.82. The smallest absolute Gasteiger partial charge is 0.347 e. The van der Waals surface area contributed by atoms with Crippen LogP contribution in [0.4, 0.5) is 5.69 Å². The van der Waals surface area contributed by atoms with Gasteiger partial charge in [0.1, 0.15) is 12.4 Å². The number of carbonyl (C=O) groups excluding carboxylic acids is 2.